The third-order valence-electron chi connectivity index (χ3n) is 2.72. The smallest absolute Gasteiger partial charge is 0.253 e. The lowest BCUT2D eigenvalue weighted by Crippen LogP contribution is -2.34. The second-order valence-corrected chi connectivity index (χ2v) is 3.90. The minimum Gasteiger partial charge on any atom is -0.337 e. The van der Waals surface area contributed by atoms with Gasteiger partial charge in [0.25, 0.3) is 5.91 Å². The van der Waals surface area contributed by atoms with Gasteiger partial charge < -0.3 is 10.2 Å². The molecule has 16 heavy (non-hydrogen) atoms. The van der Waals surface area contributed by atoms with Gasteiger partial charge in [-0.1, -0.05) is 0 Å². The molecule has 0 spiro atoms. The van der Waals surface area contributed by atoms with E-state index < -0.39 is 0 Å². The lowest BCUT2D eigenvalue weighted by Gasteiger charge is -2.19. The van der Waals surface area contributed by atoms with Gasteiger partial charge in [-0.15, -0.1) is 0 Å². The van der Waals surface area contributed by atoms with Crippen LogP contribution in [0.1, 0.15) is 16.8 Å². The van der Waals surface area contributed by atoms with Gasteiger partial charge in [0, 0.05) is 25.2 Å². The van der Waals surface area contributed by atoms with Crippen molar-refractivity contribution in [2.45, 2.75) is 6.42 Å². The molecule has 1 aromatic rings. The highest BCUT2D eigenvalue weighted by Crippen LogP contribution is 2.08. The van der Waals surface area contributed by atoms with E-state index in [1.807, 2.05) is 4.90 Å². The summed E-state index contributed by atoms with van der Waals surface area (Å²) in [4.78, 5) is 13.9. The number of benzene rings is 1. The Morgan fingerprint density at radius 3 is 2.69 bits per heavy atom. The van der Waals surface area contributed by atoms with Gasteiger partial charge in [0.2, 0.25) is 0 Å². The monoisotopic (exact) mass is 222 g/mol. The van der Waals surface area contributed by atoms with Gasteiger partial charge >= 0.3 is 0 Å². The molecule has 1 aromatic carbocycles. The maximum absolute atomic E-state index is 12.7. The molecule has 4 heteroatoms. The fraction of sp³-hybridized carbons (Fsp3) is 0.417. The van der Waals surface area contributed by atoms with Crippen LogP contribution in [0.4, 0.5) is 4.39 Å². The van der Waals surface area contributed by atoms with Crippen molar-refractivity contribution in [2.75, 3.05) is 26.2 Å². The molecule has 0 atom stereocenters. The molecule has 2 rings (SSSR count). The van der Waals surface area contributed by atoms with Crippen LogP contribution in [-0.2, 0) is 0 Å². The summed E-state index contributed by atoms with van der Waals surface area (Å²) in [7, 11) is 0. The molecule has 0 unspecified atom stereocenters. The summed E-state index contributed by atoms with van der Waals surface area (Å²) >= 11 is 0. The second kappa shape index (κ2) is 5.07. The summed E-state index contributed by atoms with van der Waals surface area (Å²) in [5, 5.41) is 3.24. The van der Waals surface area contributed by atoms with E-state index in [0.717, 1.165) is 32.6 Å². The average molecular weight is 222 g/mol. The Morgan fingerprint density at radius 2 is 1.94 bits per heavy atom. The van der Waals surface area contributed by atoms with Crippen molar-refractivity contribution >= 4 is 5.91 Å². The van der Waals surface area contributed by atoms with Gasteiger partial charge in [0.1, 0.15) is 5.82 Å². The van der Waals surface area contributed by atoms with Gasteiger partial charge in [-0.3, -0.25) is 4.79 Å². The van der Waals surface area contributed by atoms with Crippen molar-refractivity contribution in [3.8, 4) is 0 Å². The van der Waals surface area contributed by atoms with E-state index in [4.69, 9.17) is 0 Å². The van der Waals surface area contributed by atoms with Crippen molar-refractivity contribution < 1.29 is 9.18 Å². The average Bonchev–Trinajstić information content (AvgIpc) is 2.57. The Labute approximate surface area is 94.3 Å². The number of nitrogens with one attached hydrogen (secondary N) is 1. The van der Waals surface area contributed by atoms with Crippen LogP contribution in [0.2, 0.25) is 0 Å². The van der Waals surface area contributed by atoms with E-state index in [1.54, 1.807) is 0 Å². The minimum absolute atomic E-state index is 0.0105. The van der Waals surface area contributed by atoms with E-state index in [1.165, 1.54) is 24.3 Å². The van der Waals surface area contributed by atoms with Gasteiger partial charge in [-0.2, -0.15) is 0 Å². The quantitative estimate of drug-likeness (QED) is 0.776. The van der Waals surface area contributed by atoms with Gasteiger partial charge in [0.05, 0.1) is 0 Å². The SMILES string of the molecule is O=C(c1ccc(F)cc1)N1CCCNCC1. The van der Waals surface area contributed by atoms with Crippen molar-refractivity contribution in [3.05, 3.63) is 35.6 Å². The minimum atomic E-state index is -0.311. The lowest BCUT2D eigenvalue weighted by molar-refractivity contribution is 0.0766. The fourth-order valence-corrected chi connectivity index (χ4v) is 1.82. The topological polar surface area (TPSA) is 32.3 Å². The summed E-state index contributed by atoms with van der Waals surface area (Å²) in [6.45, 7) is 3.26. The van der Waals surface area contributed by atoms with Crippen LogP contribution in [-0.4, -0.2) is 37.0 Å². The molecule has 1 fully saturated rings. The molecule has 0 bridgehead atoms. The van der Waals surface area contributed by atoms with E-state index in [0.29, 0.717) is 5.56 Å². The summed E-state index contributed by atoms with van der Waals surface area (Å²) in [5.41, 5.74) is 0.559. The molecule has 0 aromatic heterocycles. The summed E-state index contributed by atoms with van der Waals surface area (Å²) < 4.78 is 12.7. The Morgan fingerprint density at radius 1 is 1.19 bits per heavy atom. The van der Waals surface area contributed by atoms with Crippen LogP contribution in [0.25, 0.3) is 0 Å². The highest BCUT2D eigenvalue weighted by atomic mass is 19.1. The molecule has 86 valence electrons. The van der Waals surface area contributed by atoms with Gasteiger partial charge in [-0.25, -0.2) is 4.39 Å². The summed E-state index contributed by atoms with van der Waals surface area (Å²) in [6.07, 6.45) is 0.965. The number of rotatable bonds is 1. The Hall–Kier alpha value is -1.42. The largest absolute Gasteiger partial charge is 0.337 e. The molecule has 1 amide bonds. The van der Waals surface area contributed by atoms with E-state index in [-0.39, 0.29) is 11.7 Å². The highest BCUT2D eigenvalue weighted by Gasteiger charge is 2.16. The predicted octanol–water partition coefficient (Wildman–Crippen LogP) is 1.26. The molecule has 1 heterocycles. The fourth-order valence-electron chi connectivity index (χ4n) is 1.82. The molecule has 1 aliphatic heterocycles. The molecule has 1 N–H and O–H groups in total. The molecule has 0 radical (unpaired) electrons. The number of hydrogen-bond donors (Lipinski definition) is 1. The molecule has 3 nitrogen and oxygen atoms in total. The maximum Gasteiger partial charge on any atom is 0.253 e. The van der Waals surface area contributed by atoms with Crippen LogP contribution < -0.4 is 5.32 Å². The molecule has 1 saturated heterocycles. The predicted molar refractivity (Wildman–Crippen MR) is 59.8 cm³/mol. The van der Waals surface area contributed by atoms with Crippen LogP contribution >= 0.6 is 0 Å². The van der Waals surface area contributed by atoms with Crippen LogP contribution in [0.5, 0.6) is 0 Å². The lowest BCUT2D eigenvalue weighted by atomic mass is 10.2. The van der Waals surface area contributed by atoms with E-state index in [2.05, 4.69) is 5.32 Å². The number of hydrogen-bond acceptors (Lipinski definition) is 2. The normalized spacial score (nSPS) is 16.9. The zero-order valence-electron chi connectivity index (χ0n) is 9.08. The Kier molecular flexibility index (Phi) is 3.51. The van der Waals surface area contributed by atoms with Crippen LogP contribution in [0.15, 0.2) is 24.3 Å². The number of amides is 1. The maximum atomic E-state index is 12.7. The van der Waals surface area contributed by atoms with Crippen molar-refractivity contribution in [1.82, 2.24) is 10.2 Å². The first-order valence-electron chi connectivity index (χ1n) is 5.53. The highest BCUT2D eigenvalue weighted by molar-refractivity contribution is 5.94. The molecule has 0 aliphatic carbocycles. The first-order chi connectivity index (χ1) is 7.77. The molecular formula is C12H15FN2O. The molecule has 0 saturated carbocycles. The van der Waals surface area contributed by atoms with Crippen LogP contribution in [0, 0.1) is 5.82 Å². The van der Waals surface area contributed by atoms with Crippen molar-refractivity contribution in [3.63, 3.8) is 0 Å². The summed E-state index contributed by atoms with van der Waals surface area (Å²) in [5.74, 6) is -0.321. The van der Waals surface area contributed by atoms with E-state index >= 15 is 0 Å². The number of carbonyl (C=O) groups excluding carboxylic acids is 1. The molecule has 1 aliphatic rings. The third kappa shape index (κ3) is 2.58. The van der Waals surface area contributed by atoms with Gasteiger partial charge in [-0.05, 0) is 37.2 Å². The summed E-state index contributed by atoms with van der Waals surface area (Å²) in [6, 6.07) is 5.72. The van der Waals surface area contributed by atoms with Crippen molar-refractivity contribution in [1.29, 1.82) is 0 Å². The Balaban J connectivity index is 2.08. The standard InChI is InChI=1S/C12H15FN2O/c13-11-4-2-10(3-5-11)12(16)15-8-1-6-14-7-9-15/h2-5,14H,1,6-9H2. The van der Waals surface area contributed by atoms with Crippen LogP contribution in [0.3, 0.4) is 0 Å². The van der Waals surface area contributed by atoms with Crippen molar-refractivity contribution in [2.24, 2.45) is 0 Å². The Bertz CT molecular complexity index is 356. The first kappa shape index (κ1) is 11.1. The third-order valence-corrected chi connectivity index (χ3v) is 2.72. The zero-order chi connectivity index (χ0) is 11.4. The number of nitrogens with zero attached hydrogens (tertiary/aromatic N) is 1. The number of halogens is 1. The first-order valence-corrected chi connectivity index (χ1v) is 5.53. The number of carbonyl (C=O) groups is 1. The molecular weight excluding hydrogens is 207 g/mol. The van der Waals surface area contributed by atoms with Gasteiger partial charge in [0.15, 0.2) is 0 Å². The van der Waals surface area contributed by atoms with E-state index in [9.17, 15) is 9.18 Å². The zero-order valence-corrected chi connectivity index (χ0v) is 9.08. The second-order valence-electron chi connectivity index (χ2n) is 3.90.